The van der Waals surface area contributed by atoms with Gasteiger partial charge in [-0.15, -0.1) is 0 Å². The molecule has 0 aromatic carbocycles. The molecule has 0 aliphatic heterocycles. The normalized spacial score (nSPS) is 11.9. The summed E-state index contributed by atoms with van der Waals surface area (Å²) in [6.45, 7) is 5.57. The van der Waals surface area contributed by atoms with Crippen molar-refractivity contribution in [1.82, 2.24) is 5.32 Å². The molecule has 0 saturated carbocycles. The summed E-state index contributed by atoms with van der Waals surface area (Å²) in [7, 11) is 0. The van der Waals surface area contributed by atoms with Gasteiger partial charge in [-0.2, -0.15) is 11.3 Å². The lowest BCUT2D eigenvalue weighted by Gasteiger charge is -2.25. The fourth-order valence-electron chi connectivity index (χ4n) is 1.30. The SMILES string of the molecule is CC(C)(CCBr)NCCc1ccsc1. The predicted molar refractivity (Wildman–Crippen MR) is 68.5 cm³/mol. The first-order valence-corrected chi connectivity index (χ1v) is 7.02. The Morgan fingerprint density at radius 1 is 1.50 bits per heavy atom. The van der Waals surface area contributed by atoms with Gasteiger partial charge in [0.05, 0.1) is 0 Å². The van der Waals surface area contributed by atoms with Gasteiger partial charge in [-0.25, -0.2) is 0 Å². The number of alkyl halides is 1. The molecule has 0 spiro atoms. The van der Waals surface area contributed by atoms with Crippen LogP contribution in [0.15, 0.2) is 16.8 Å². The average Bonchev–Trinajstić information content (AvgIpc) is 2.56. The molecular weight excluding hydrogens is 258 g/mol. The first-order valence-electron chi connectivity index (χ1n) is 4.96. The summed E-state index contributed by atoms with van der Waals surface area (Å²) in [6.07, 6.45) is 2.30. The molecule has 0 aliphatic rings. The van der Waals surface area contributed by atoms with E-state index in [2.05, 4.69) is 51.9 Å². The monoisotopic (exact) mass is 275 g/mol. The van der Waals surface area contributed by atoms with Gasteiger partial charge in [-0.1, -0.05) is 15.9 Å². The molecule has 1 N–H and O–H groups in total. The number of thiophene rings is 1. The molecular formula is C11H18BrNS. The minimum Gasteiger partial charge on any atom is -0.311 e. The van der Waals surface area contributed by atoms with Crippen molar-refractivity contribution in [2.45, 2.75) is 32.2 Å². The van der Waals surface area contributed by atoms with Gasteiger partial charge in [-0.3, -0.25) is 0 Å². The Morgan fingerprint density at radius 2 is 2.29 bits per heavy atom. The second-order valence-electron chi connectivity index (χ2n) is 4.13. The van der Waals surface area contributed by atoms with Crippen molar-refractivity contribution >= 4 is 27.3 Å². The molecule has 0 fully saturated rings. The van der Waals surface area contributed by atoms with Crippen molar-refractivity contribution in [1.29, 1.82) is 0 Å². The van der Waals surface area contributed by atoms with Crippen LogP contribution in [0.4, 0.5) is 0 Å². The molecule has 1 aromatic heterocycles. The number of halogens is 1. The van der Waals surface area contributed by atoms with E-state index in [9.17, 15) is 0 Å². The third-order valence-electron chi connectivity index (χ3n) is 2.32. The molecule has 1 aromatic rings. The van der Waals surface area contributed by atoms with Crippen molar-refractivity contribution < 1.29 is 0 Å². The third-order valence-corrected chi connectivity index (χ3v) is 3.45. The van der Waals surface area contributed by atoms with Gasteiger partial charge in [0.1, 0.15) is 0 Å². The molecule has 0 saturated heterocycles. The van der Waals surface area contributed by atoms with Crippen LogP contribution in [-0.4, -0.2) is 17.4 Å². The number of hydrogen-bond donors (Lipinski definition) is 1. The van der Waals surface area contributed by atoms with E-state index >= 15 is 0 Å². The lowest BCUT2D eigenvalue weighted by molar-refractivity contribution is 0.383. The summed E-state index contributed by atoms with van der Waals surface area (Å²) in [5.74, 6) is 0. The second kappa shape index (κ2) is 5.89. The lowest BCUT2D eigenvalue weighted by atomic mass is 10.0. The van der Waals surface area contributed by atoms with E-state index in [1.807, 2.05) is 0 Å². The highest BCUT2D eigenvalue weighted by Crippen LogP contribution is 2.11. The van der Waals surface area contributed by atoms with Crippen molar-refractivity contribution in [3.63, 3.8) is 0 Å². The van der Waals surface area contributed by atoms with Crippen molar-refractivity contribution in [3.05, 3.63) is 22.4 Å². The topological polar surface area (TPSA) is 12.0 Å². The zero-order valence-corrected chi connectivity index (χ0v) is 11.2. The van der Waals surface area contributed by atoms with Crippen LogP contribution in [0.2, 0.25) is 0 Å². The van der Waals surface area contributed by atoms with Gasteiger partial charge >= 0.3 is 0 Å². The smallest absolute Gasteiger partial charge is 0.0133 e. The van der Waals surface area contributed by atoms with E-state index in [-0.39, 0.29) is 5.54 Å². The standard InChI is InChI=1S/C11H18BrNS/c1-11(2,5-6-12)13-7-3-10-4-8-14-9-10/h4,8-9,13H,3,5-7H2,1-2H3. The molecule has 0 amide bonds. The first-order chi connectivity index (χ1) is 6.64. The van der Waals surface area contributed by atoms with Crippen molar-refractivity contribution in [2.24, 2.45) is 0 Å². The summed E-state index contributed by atoms with van der Waals surface area (Å²) in [5.41, 5.74) is 1.69. The van der Waals surface area contributed by atoms with E-state index in [1.165, 1.54) is 5.56 Å². The first kappa shape index (κ1) is 12.2. The Hall–Kier alpha value is 0.140. The highest BCUT2D eigenvalue weighted by Gasteiger charge is 2.14. The fourth-order valence-corrected chi connectivity index (χ4v) is 3.00. The van der Waals surface area contributed by atoms with E-state index in [1.54, 1.807) is 11.3 Å². The molecule has 1 heterocycles. The summed E-state index contributed by atoms with van der Waals surface area (Å²) >= 11 is 5.25. The Labute approximate surface area is 99.0 Å². The van der Waals surface area contributed by atoms with Crippen LogP contribution < -0.4 is 5.32 Å². The summed E-state index contributed by atoms with van der Waals surface area (Å²) in [5, 5.41) is 8.99. The van der Waals surface area contributed by atoms with E-state index in [0.717, 1.165) is 24.7 Å². The maximum atomic E-state index is 3.57. The molecule has 3 heteroatoms. The van der Waals surface area contributed by atoms with Crippen LogP contribution in [0.25, 0.3) is 0 Å². The van der Waals surface area contributed by atoms with E-state index < -0.39 is 0 Å². The van der Waals surface area contributed by atoms with Crippen LogP contribution in [0.5, 0.6) is 0 Å². The molecule has 1 rings (SSSR count). The Morgan fingerprint density at radius 3 is 2.86 bits per heavy atom. The maximum absolute atomic E-state index is 3.57. The Kier molecular flexibility index (Phi) is 5.13. The zero-order valence-electron chi connectivity index (χ0n) is 8.85. The molecule has 0 bridgehead atoms. The number of hydrogen-bond acceptors (Lipinski definition) is 2. The molecule has 0 radical (unpaired) electrons. The van der Waals surface area contributed by atoms with Crippen molar-refractivity contribution in [2.75, 3.05) is 11.9 Å². The highest BCUT2D eigenvalue weighted by molar-refractivity contribution is 9.09. The van der Waals surface area contributed by atoms with Crippen LogP contribution in [-0.2, 0) is 6.42 Å². The Balaban J connectivity index is 2.20. The quantitative estimate of drug-likeness (QED) is 0.785. The van der Waals surface area contributed by atoms with Crippen molar-refractivity contribution in [3.8, 4) is 0 Å². The molecule has 14 heavy (non-hydrogen) atoms. The minimum atomic E-state index is 0.250. The molecule has 0 unspecified atom stereocenters. The lowest BCUT2D eigenvalue weighted by Crippen LogP contribution is -2.40. The highest BCUT2D eigenvalue weighted by atomic mass is 79.9. The second-order valence-corrected chi connectivity index (χ2v) is 5.70. The summed E-state index contributed by atoms with van der Waals surface area (Å²) in [6, 6.07) is 2.20. The van der Waals surface area contributed by atoms with E-state index in [4.69, 9.17) is 0 Å². The van der Waals surface area contributed by atoms with Crippen LogP contribution in [0.1, 0.15) is 25.8 Å². The maximum Gasteiger partial charge on any atom is 0.0133 e. The van der Waals surface area contributed by atoms with Gasteiger partial charge in [0.2, 0.25) is 0 Å². The molecule has 1 nitrogen and oxygen atoms in total. The van der Waals surface area contributed by atoms with Gasteiger partial charge in [-0.05, 0) is 55.6 Å². The molecule has 0 atom stereocenters. The van der Waals surface area contributed by atoms with Crippen LogP contribution in [0, 0.1) is 0 Å². The third kappa shape index (κ3) is 4.58. The van der Waals surface area contributed by atoms with Gasteiger partial charge in [0.25, 0.3) is 0 Å². The summed E-state index contributed by atoms with van der Waals surface area (Å²) in [4.78, 5) is 0. The molecule has 0 aliphatic carbocycles. The van der Waals surface area contributed by atoms with Gasteiger partial charge in [0.15, 0.2) is 0 Å². The average molecular weight is 276 g/mol. The van der Waals surface area contributed by atoms with Gasteiger partial charge < -0.3 is 5.32 Å². The minimum absolute atomic E-state index is 0.250. The number of nitrogens with one attached hydrogen (secondary N) is 1. The Bertz CT molecular complexity index is 244. The largest absolute Gasteiger partial charge is 0.311 e. The van der Waals surface area contributed by atoms with Crippen LogP contribution in [0.3, 0.4) is 0 Å². The van der Waals surface area contributed by atoms with E-state index in [0.29, 0.717) is 0 Å². The summed E-state index contributed by atoms with van der Waals surface area (Å²) < 4.78 is 0. The zero-order chi connectivity index (χ0) is 10.4. The van der Waals surface area contributed by atoms with Crippen LogP contribution >= 0.6 is 27.3 Å². The molecule has 80 valence electrons. The number of rotatable bonds is 6. The predicted octanol–water partition coefficient (Wildman–Crippen LogP) is 3.44. The fraction of sp³-hybridized carbons (Fsp3) is 0.636. The van der Waals surface area contributed by atoms with Gasteiger partial charge in [0, 0.05) is 10.9 Å².